The second-order valence-electron chi connectivity index (χ2n) is 16.7. The second-order valence-corrected chi connectivity index (χ2v) is 16.7. The van der Waals surface area contributed by atoms with E-state index in [1.165, 1.54) is 23.4 Å². The van der Waals surface area contributed by atoms with E-state index in [4.69, 9.17) is 22.0 Å². The average molecular weight is 911 g/mol. The van der Waals surface area contributed by atoms with Crippen LogP contribution in [0.4, 0.5) is 0 Å². The van der Waals surface area contributed by atoms with E-state index >= 15 is 0 Å². The zero-order valence-electron chi connectivity index (χ0n) is 36.5. The zero-order chi connectivity index (χ0) is 47.8. The molecule has 0 radical (unpaired) electrons. The van der Waals surface area contributed by atoms with Crippen LogP contribution in [0.1, 0.15) is 76.5 Å². The summed E-state index contributed by atoms with van der Waals surface area (Å²) < 4.78 is 0. The van der Waals surface area contributed by atoms with Crippen LogP contribution in [-0.4, -0.2) is 139 Å². The Bertz CT molecular complexity index is 1990. The Kier molecular flexibility index (Phi) is 19.0. The van der Waals surface area contributed by atoms with Crippen molar-refractivity contribution in [3.05, 3.63) is 48.0 Å². The van der Waals surface area contributed by atoms with Gasteiger partial charge in [-0.3, -0.25) is 39.0 Å². The Morgan fingerprint density at radius 2 is 1.60 bits per heavy atom. The molecule has 6 amide bonds. The number of aromatic amines is 1. The van der Waals surface area contributed by atoms with E-state index < -0.39 is 102 Å². The van der Waals surface area contributed by atoms with Crippen LogP contribution in [0.15, 0.2) is 36.8 Å². The summed E-state index contributed by atoms with van der Waals surface area (Å²) in [6, 6.07) is -1.06. The number of amides is 6. The molecule has 2 heterocycles. The molecular formula is C42H62N12O11. The van der Waals surface area contributed by atoms with Gasteiger partial charge in [0.25, 0.3) is 0 Å². The SMILES string of the molecule is CCC(C)[C@H](NC(=O)[C@H](Cc1ccc(O)cc1)NC(=O)[C@H]1C[C@@H](CNC(=O)[C@H](CCCNC(=N)N)NC(=O)[C@@H](N)CC(=O)O)C1)C(=O)N[C@@H](Cc1c[nH]cn1)C(=O)N1CCC[C@H]1C(=O)O. The Morgan fingerprint density at radius 3 is 2.22 bits per heavy atom. The zero-order valence-corrected chi connectivity index (χ0v) is 36.5. The molecule has 7 atom stereocenters. The highest BCUT2D eigenvalue weighted by atomic mass is 16.4. The first-order valence-electron chi connectivity index (χ1n) is 21.7. The maximum absolute atomic E-state index is 14.2. The lowest BCUT2D eigenvalue weighted by Crippen LogP contribution is -2.60. The van der Waals surface area contributed by atoms with Gasteiger partial charge in [0.2, 0.25) is 35.4 Å². The van der Waals surface area contributed by atoms with Gasteiger partial charge in [0.05, 0.1) is 24.5 Å². The van der Waals surface area contributed by atoms with Crippen LogP contribution in [0, 0.1) is 23.2 Å². The number of phenolic OH excluding ortho intramolecular Hbond substituents is 1. The van der Waals surface area contributed by atoms with E-state index in [1.54, 1.807) is 25.3 Å². The summed E-state index contributed by atoms with van der Waals surface area (Å²) in [5.74, 6) is -7.69. The summed E-state index contributed by atoms with van der Waals surface area (Å²) in [6.07, 6.45) is 4.54. The number of aliphatic carboxylic acids is 2. The first-order valence-corrected chi connectivity index (χ1v) is 21.7. The molecule has 1 saturated heterocycles. The van der Waals surface area contributed by atoms with Crippen molar-refractivity contribution in [2.75, 3.05) is 19.6 Å². The van der Waals surface area contributed by atoms with E-state index in [9.17, 15) is 48.6 Å². The molecule has 2 aliphatic rings. The third-order valence-electron chi connectivity index (χ3n) is 11.7. The third kappa shape index (κ3) is 15.5. The quantitative estimate of drug-likeness (QED) is 0.0296. The Labute approximate surface area is 375 Å². The number of hydrogen-bond acceptors (Lipinski definition) is 12. The van der Waals surface area contributed by atoms with Crippen molar-refractivity contribution in [1.82, 2.24) is 46.8 Å². The summed E-state index contributed by atoms with van der Waals surface area (Å²) in [6.45, 7) is 4.13. The number of phenols is 1. The van der Waals surface area contributed by atoms with Crippen LogP contribution >= 0.6 is 0 Å². The molecule has 1 unspecified atom stereocenters. The number of guanidine groups is 1. The highest BCUT2D eigenvalue weighted by Gasteiger charge is 2.41. The molecule has 15 N–H and O–H groups in total. The van der Waals surface area contributed by atoms with Crippen molar-refractivity contribution in [1.29, 1.82) is 5.41 Å². The number of imidazole rings is 1. The van der Waals surface area contributed by atoms with Gasteiger partial charge in [-0.2, -0.15) is 0 Å². The van der Waals surface area contributed by atoms with Gasteiger partial charge in [0.15, 0.2) is 5.96 Å². The smallest absolute Gasteiger partial charge is 0.326 e. The van der Waals surface area contributed by atoms with Crippen molar-refractivity contribution in [3.8, 4) is 5.75 Å². The molecule has 0 spiro atoms. The van der Waals surface area contributed by atoms with Crippen molar-refractivity contribution in [2.45, 2.75) is 114 Å². The number of nitrogens with two attached hydrogens (primary N) is 2. The molecule has 2 aromatic rings. The normalized spacial score (nSPS) is 19.4. The number of carbonyl (C=O) groups is 8. The number of likely N-dealkylation sites (tertiary alicyclic amines) is 1. The van der Waals surface area contributed by atoms with E-state index in [0.717, 1.165) is 0 Å². The van der Waals surface area contributed by atoms with Gasteiger partial charge in [0, 0.05) is 44.6 Å². The first-order chi connectivity index (χ1) is 30.9. The van der Waals surface area contributed by atoms with Gasteiger partial charge in [0.1, 0.15) is 36.0 Å². The Morgan fingerprint density at radius 1 is 0.908 bits per heavy atom. The molecule has 1 aliphatic carbocycles. The van der Waals surface area contributed by atoms with E-state index in [1.807, 2.05) is 6.92 Å². The largest absolute Gasteiger partial charge is 0.508 e. The molecule has 4 rings (SSSR count). The minimum absolute atomic E-state index is 0.0112. The van der Waals surface area contributed by atoms with Crippen molar-refractivity contribution in [2.24, 2.45) is 29.2 Å². The van der Waals surface area contributed by atoms with Crippen LogP contribution in [0.3, 0.4) is 0 Å². The standard InChI is InChI=1S/C42H62N12O11/c1-3-22(2)34(39(62)52-31(17-26-20-46-21-49-26)40(63)54-13-5-7-32(54)41(64)65)53-38(61)30(16-23-8-10-27(55)11-9-23)51-35(58)25-14-24(15-25)19-48-37(60)29(6-4-12-47-42(44)45)50-36(59)28(43)18-33(56)57/h8-11,20-22,24-25,28-32,34,55H,3-7,12-19,43H2,1-2H3,(H,46,49)(H,48,60)(H,50,59)(H,51,58)(H,52,62)(H,53,61)(H,56,57)(H,64,65)(H4,44,45,47)/t22?,24-,25+,28-,29-,30-,31-,32-,34-/m0/s1. The Hall–Kier alpha value is -6.78. The lowest BCUT2D eigenvalue weighted by Gasteiger charge is -2.36. The number of aromatic hydroxyl groups is 1. The lowest BCUT2D eigenvalue weighted by atomic mass is 9.74. The van der Waals surface area contributed by atoms with Crippen molar-refractivity contribution in [3.63, 3.8) is 0 Å². The molecule has 1 aromatic heterocycles. The number of H-pyrrole nitrogens is 1. The monoisotopic (exact) mass is 910 g/mol. The number of nitrogens with zero attached hydrogens (tertiary/aromatic N) is 2. The number of hydrogen-bond donors (Lipinski definition) is 13. The molecular weight excluding hydrogens is 849 g/mol. The fraction of sp³-hybridized carbons (Fsp3) is 0.571. The summed E-state index contributed by atoms with van der Waals surface area (Å²) in [4.78, 5) is 113. The van der Waals surface area contributed by atoms with E-state index in [0.29, 0.717) is 43.4 Å². The molecule has 0 bridgehead atoms. The minimum Gasteiger partial charge on any atom is -0.508 e. The van der Waals surface area contributed by atoms with Gasteiger partial charge < -0.3 is 68.6 Å². The van der Waals surface area contributed by atoms with Crippen molar-refractivity contribution >= 4 is 53.3 Å². The maximum Gasteiger partial charge on any atom is 0.326 e. The first kappa shape index (κ1) is 50.9. The van der Waals surface area contributed by atoms with Gasteiger partial charge in [-0.15, -0.1) is 0 Å². The molecule has 23 nitrogen and oxygen atoms in total. The molecule has 23 heteroatoms. The number of aromatic nitrogens is 2. The fourth-order valence-corrected chi connectivity index (χ4v) is 7.73. The molecule has 1 aromatic carbocycles. The molecule has 1 aliphatic heterocycles. The predicted molar refractivity (Wildman–Crippen MR) is 232 cm³/mol. The Balaban J connectivity index is 1.42. The summed E-state index contributed by atoms with van der Waals surface area (Å²) >= 11 is 0. The second kappa shape index (κ2) is 24.3. The number of benzene rings is 1. The van der Waals surface area contributed by atoms with Crippen LogP contribution in [0.2, 0.25) is 0 Å². The summed E-state index contributed by atoms with van der Waals surface area (Å²) in [5.41, 5.74) is 12.0. The lowest BCUT2D eigenvalue weighted by molar-refractivity contribution is -0.149. The van der Waals surface area contributed by atoms with Gasteiger partial charge >= 0.3 is 11.9 Å². The third-order valence-corrected chi connectivity index (χ3v) is 11.7. The number of carboxylic acids is 2. The molecule has 65 heavy (non-hydrogen) atoms. The van der Waals surface area contributed by atoms with Crippen LogP contribution in [-0.2, 0) is 51.2 Å². The summed E-state index contributed by atoms with van der Waals surface area (Å²) in [5, 5.41) is 52.2. The van der Waals surface area contributed by atoms with Crippen LogP contribution in [0.5, 0.6) is 5.75 Å². The van der Waals surface area contributed by atoms with Crippen molar-refractivity contribution < 1.29 is 53.7 Å². The predicted octanol–water partition coefficient (Wildman–Crippen LogP) is -1.83. The van der Waals surface area contributed by atoms with Crippen LogP contribution < -0.4 is 43.4 Å². The summed E-state index contributed by atoms with van der Waals surface area (Å²) in [7, 11) is 0. The molecule has 2 fully saturated rings. The topological polar surface area (TPSA) is 377 Å². The average Bonchev–Trinajstić information content (AvgIpc) is 3.96. The molecule has 356 valence electrons. The number of nitrogens with one attached hydrogen (secondary N) is 8. The number of rotatable bonds is 25. The van der Waals surface area contributed by atoms with Gasteiger partial charge in [-0.25, -0.2) is 9.78 Å². The van der Waals surface area contributed by atoms with E-state index in [2.05, 4.69) is 41.9 Å². The highest BCUT2D eigenvalue weighted by Crippen LogP contribution is 2.33. The molecule has 1 saturated carbocycles. The number of carboxylic acid groups (broad SMARTS) is 2. The number of carbonyl (C=O) groups excluding carboxylic acids is 6. The fourth-order valence-electron chi connectivity index (χ4n) is 7.73. The van der Waals surface area contributed by atoms with E-state index in [-0.39, 0.29) is 62.9 Å². The van der Waals surface area contributed by atoms with Gasteiger partial charge in [-0.1, -0.05) is 32.4 Å². The van der Waals surface area contributed by atoms with Gasteiger partial charge in [-0.05, 0) is 68.1 Å². The maximum atomic E-state index is 14.2. The highest BCUT2D eigenvalue weighted by molar-refractivity contribution is 5.96. The minimum atomic E-state index is -1.39. The van der Waals surface area contributed by atoms with Crippen LogP contribution in [0.25, 0.3) is 0 Å².